The molecule has 190 valence electrons. The normalized spacial score (nSPS) is 15.4. The fourth-order valence-corrected chi connectivity index (χ4v) is 4.68. The first-order valence-corrected chi connectivity index (χ1v) is 12.4. The Morgan fingerprint density at radius 3 is 2.76 bits per heavy atom. The minimum atomic E-state index is -1.14. The molecule has 0 saturated heterocycles. The smallest absolute Gasteiger partial charge is 0.256 e. The maximum atomic E-state index is 14.4. The highest BCUT2D eigenvalue weighted by Crippen LogP contribution is 2.50. The van der Waals surface area contributed by atoms with Crippen molar-refractivity contribution in [3.8, 4) is 6.07 Å². The summed E-state index contributed by atoms with van der Waals surface area (Å²) in [5.41, 5.74) is 2.87. The highest BCUT2D eigenvalue weighted by atomic mass is 19.1. The van der Waals surface area contributed by atoms with Crippen molar-refractivity contribution in [1.82, 2.24) is 25.6 Å². The molecule has 10 heteroatoms. The first-order valence-electron chi connectivity index (χ1n) is 12.4. The lowest BCUT2D eigenvalue weighted by atomic mass is 9.88. The number of anilines is 4. The van der Waals surface area contributed by atoms with Gasteiger partial charge in [-0.15, -0.1) is 0 Å². The number of hydrogen-bond acceptors (Lipinski definition) is 8. The highest BCUT2D eigenvalue weighted by molar-refractivity contribution is 5.99. The zero-order valence-corrected chi connectivity index (χ0v) is 21.1. The molecule has 1 aromatic carbocycles. The third-order valence-electron chi connectivity index (χ3n) is 6.90. The van der Waals surface area contributed by atoms with Crippen molar-refractivity contribution < 1.29 is 9.18 Å². The number of nitriles is 1. The van der Waals surface area contributed by atoms with E-state index < -0.39 is 11.2 Å². The van der Waals surface area contributed by atoms with Crippen LogP contribution in [0, 0.1) is 17.1 Å². The molecule has 1 saturated carbocycles. The van der Waals surface area contributed by atoms with Crippen molar-refractivity contribution in [2.45, 2.75) is 51.0 Å². The van der Waals surface area contributed by atoms with E-state index in [9.17, 15) is 14.4 Å². The van der Waals surface area contributed by atoms with E-state index in [1.54, 1.807) is 13.8 Å². The Balaban J connectivity index is 1.46. The second-order valence-corrected chi connectivity index (χ2v) is 10.1. The largest absolute Gasteiger partial charge is 0.352 e. The Kier molecular flexibility index (Phi) is 6.25. The quantitative estimate of drug-likeness (QED) is 0.380. The molecule has 0 bridgehead atoms. The first kappa shape index (κ1) is 24.6. The molecule has 2 aliphatic rings. The number of benzene rings is 1. The van der Waals surface area contributed by atoms with E-state index in [1.807, 2.05) is 13.0 Å². The van der Waals surface area contributed by atoms with Gasteiger partial charge in [-0.2, -0.15) is 10.2 Å². The van der Waals surface area contributed by atoms with Crippen LogP contribution in [0.1, 0.15) is 60.8 Å². The van der Waals surface area contributed by atoms with Gasteiger partial charge in [0.05, 0.1) is 17.2 Å². The number of amides is 1. The van der Waals surface area contributed by atoms with Crippen LogP contribution in [-0.2, 0) is 17.4 Å². The van der Waals surface area contributed by atoms with Gasteiger partial charge in [-0.25, -0.2) is 14.4 Å². The van der Waals surface area contributed by atoms with E-state index in [4.69, 9.17) is 0 Å². The van der Waals surface area contributed by atoms with Crippen molar-refractivity contribution in [2.75, 3.05) is 23.7 Å². The molecule has 0 unspecified atom stereocenters. The lowest BCUT2D eigenvalue weighted by molar-refractivity contribution is 0.0956. The van der Waals surface area contributed by atoms with E-state index >= 15 is 0 Å². The summed E-state index contributed by atoms with van der Waals surface area (Å²) in [7, 11) is 0. The summed E-state index contributed by atoms with van der Waals surface area (Å²) in [6, 6.07) is 11.0. The highest BCUT2D eigenvalue weighted by Gasteiger charge is 2.46. The molecular weight excluding hydrogens is 471 g/mol. The fraction of sp³-hybridized carbons (Fsp3) is 0.370. The van der Waals surface area contributed by atoms with Gasteiger partial charge in [0.2, 0.25) is 5.95 Å². The Morgan fingerprint density at radius 1 is 1.22 bits per heavy atom. The molecule has 1 spiro atoms. The molecule has 2 aromatic heterocycles. The summed E-state index contributed by atoms with van der Waals surface area (Å²) in [6.07, 6.45) is 3.86. The van der Waals surface area contributed by atoms with Gasteiger partial charge in [-0.1, -0.05) is 6.07 Å². The molecule has 0 radical (unpaired) electrons. The van der Waals surface area contributed by atoms with Crippen LogP contribution in [0.25, 0.3) is 0 Å². The number of halogens is 1. The number of rotatable bonds is 7. The van der Waals surface area contributed by atoms with Gasteiger partial charge in [0.25, 0.3) is 5.91 Å². The van der Waals surface area contributed by atoms with Crippen LogP contribution in [0.4, 0.5) is 27.7 Å². The number of nitrogens with one attached hydrogen (secondary N) is 4. The van der Waals surface area contributed by atoms with Crippen molar-refractivity contribution in [3.63, 3.8) is 0 Å². The number of carbonyl (C=O) groups is 1. The van der Waals surface area contributed by atoms with E-state index in [0.29, 0.717) is 12.5 Å². The van der Waals surface area contributed by atoms with Crippen LogP contribution in [0.15, 0.2) is 36.5 Å². The van der Waals surface area contributed by atoms with Crippen LogP contribution in [-0.4, -0.2) is 33.9 Å². The maximum absolute atomic E-state index is 14.4. The standard InChI is InChI=1S/C27H29FN8O/c1-4-31-24(37)18-13-32-25(33-17-5-6-19-16(11-17)12-30-15-27(19)9-10-27)36-23(18)35-21-8-7-20(28)22(34-21)26(2,3)14-29/h5-8,11,13,30H,4,9-10,12,15H2,1-3H3,(H,31,37)(H2,32,33,34,35,36). The van der Waals surface area contributed by atoms with Gasteiger partial charge in [0.15, 0.2) is 0 Å². The number of carbonyl (C=O) groups excluding carboxylic acids is 1. The molecule has 3 heterocycles. The van der Waals surface area contributed by atoms with E-state index in [-0.39, 0.29) is 34.2 Å². The average molecular weight is 501 g/mol. The van der Waals surface area contributed by atoms with Gasteiger partial charge in [0.1, 0.15) is 23.0 Å². The van der Waals surface area contributed by atoms with Gasteiger partial charge in [0, 0.05) is 36.9 Å². The number of nitrogens with zero attached hydrogens (tertiary/aromatic N) is 4. The zero-order chi connectivity index (χ0) is 26.2. The number of pyridine rings is 1. The number of hydrogen-bond donors (Lipinski definition) is 4. The van der Waals surface area contributed by atoms with Crippen LogP contribution in [0.3, 0.4) is 0 Å². The summed E-state index contributed by atoms with van der Waals surface area (Å²) in [6.45, 7) is 7.27. The minimum absolute atomic E-state index is 0.00284. The molecule has 0 atom stereocenters. The molecule has 9 nitrogen and oxygen atoms in total. The Bertz CT molecular complexity index is 1410. The predicted molar refractivity (Wildman–Crippen MR) is 138 cm³/mol. The van der Waals surface area contributed by atoms with Crippen LogP contribution < -0.4 is 21.3 Å². The van der Waals surface area contributed by atoms with Gasteiger partial charge in [-0.05, 0) is 69.0 Å². The third kappa shape index (κ3) is 4.82. The second kappa shape index (κ2) is 9.41. The van der Waals surface area contributed by atoms with Crippen LogP contribution >= 0.6 is 0 Å². The van der Waals surface area contributed by atoms with E-state index in [0.717, 1.165) is 18.8 Å². The lowest BCUT2D eigenvalue weighted by Gasteiger charge is -2.26. The minimum Gasteiger partial charge on any atom is -0.352 e. The van der Waals surface area contributed by atoms with Crippen LogP contribution in [0.5, 0.6) is 0 Å². The first-order chi connectivity index (χ1) is 17.7. The molecule has 5 rings (SSSR count). The Hall–Kier alpha value is -4.10. The zero-order valence-electron chi connectivity index (χ0n) is 21.1. The summed E-state index contributed by atoms with van der Waals surface area (Å²) >= 11 is 0. The molecule has 1 fully saturated rings. The SMILES string of the molecule is CCNC(=O)c1cnc(Nc2ccc3c(c2)CNCC32CC2)nc1Nc1ccc(F)c(C(C)(C)C#N)n1. The average Bonchev–Trinajstić information content (AvgIpc) is 3.65. The fourth-order valence-electron chi connectivity index (χ4n) is 4.68. The predicted octanol–water partition coefficient (Wildman–Crippen LogP) is 4.18. The Morgan fingerprint density at radius 2 is 2.03 bits per heavy atom. The Labute approximate surface area is 214 Å². The van der Waals surface area contributed by atoms with Gasteiger partial charge in [-0.3, -0.25) is 4.79 Å². The monoisotopic (exact) mass is 500 g/mol. The van der Waals surface area contributed by atoms with Crippen LogP contribution in [0.2, 0.25) is 0 Å². The van der Waals surface area contributed by atoms with Gasteiger partial charge >= 0.3 is 0 Å². The number of aromatic nitrogens is 3. The summed E-state index contributed by atoms with van der Waals surface area (Å²) in [4.78, 5) is 25.9. The molecule has 37 heavy (non-hydrogen) atoms. The summed E-state index contributed by atoms with van der Waals surface area (Å²) in [5.74, 6) is -0.184. The molecule has 4 N–H and O–H groups in total. The van der Waals surface area contributed by atoms with Crippen molar-refractivity contribution in [1.29, 1.82) is 5.26 Å². The summed E-state index contributed by atoms with van der Waals surface area (Å²) in [5, 5.41) is 22.0. The molecule has 3 aromatic rings. The summed E-state index contributed by atoms with van der Waals surface area (Å²) < 4.78 is 14.4. The lowest BCUT2D eigenvalue weighted by Crippen LogP contribution is -2.33. The molecular formula is C27H29FN8O. The number of fused-ring (bicyclic) bond motifs is 2. The van der Waals surface area contributed by atoms with Crippen molar-refractivity contribution in [2.24, 2.45) is 0 Å². The van der Waals surface area contributed by atoms with Crippen molar-refractivity contribution >= 4 is 29.2 Å². The van der Waals surface area contributed by atoms with E-state index in [1.165, 1.54) is 42.3 Å². The molecule has 1 aliphatic carbocycles. The maximum Gasteiger partial charge on any atom is 0.256 e. The van der Waals surface area contributed by atoms with Gasteiger partial charge < -0.3 is 21.3 Å². The molecule has 1 aliphatic heterocycles. The van der Waals surface area contributed by atoms with E-state index in [2.05, 4.69) is 54.4 Å². The van der Waals surface area contributed by atoms with Crippen molar-refractivity contribution in [3.05, 3.63) is 64.7 Å². The second-order valence-electron chi connectivity index (χ2n) is 10.1. The molecule has 1 amide bonds. The topological polar surface area (TPSA) is 128 Å². The third-order valence-corrected chi connectivity index (χ3v) is 6.90.